The summed E-state index contributed by atoms with van der Waals surface area (Å²) in [5, 5.41) is 0. The van der Waals surface area contributed by atoms with Gasteiger partial charge in [-0.1, -0.05) is 6.07 Å². The number of hydrogen-bond donors (Lipinski definition) is 0. The van der Waals surface area contributed by atoms with E-state index in [9.17, 15) is 0 Å². The van der Waals surface area contributed by atoms with Gasteiger partial charge in [0.1, 0.15) is 0 Å². The first-order chi connectivity index (χ1) is 7.27. The Morgan fingerprint density at radius 2 is 2.00 bits per heavy atom. The second-order valence-corrected chi connectivity index (χ2v) is 4.58. The van der Waals surface area contributed by atoms with Crippen molar-refractivity contribution < 1.29 is 0 Å². The summed E-state index contributed by atoms with van der Waals surface area (Å²) in [6, 6.07) is 7.67. The zero-order chi connectivity index (χ0) is 10.7. The van der Waals surface area contributed by atoms with E-state index in [0.29, 0.717) is 0 Å². The van der Waals surface area contributed by atoms with Crippen molar-refractivity contribution in [2.45, 2.75) is 45.2 Å². The van der Waals surface area contributed by atoms with Crippen molar-refractivity contribution in [3.63, 3.8) is 0 Å². The van der Waals surface area contributed by atoms with Crippen molar-refractivity contribution in [2.24, 2.45) is 0 Å². The largest absolute Gasteiger partial charge is 0.298 e. The summed E-state index contributed by atoms with van der Waals surface area (Å²) in [4.78, 5) is 6.97. The van der Waals surface area contributed by atoms with E-state index in [1.54, 1.807) is 0 Å². The third-order valence-electron chi connectivity index (χ3n) is 3.49. The minimum atomic E-state index is 0.753. The van der Waals surface area contributed by atoms with Gasteiger partial charge in [0, 0.05) is 36.9 Å². The number of rotatable bonds is 3. The Hall–Kier alpha value is -0.890. The molecule has 2 rings (SSSR count). The van der Waals surface area contributed by atoms with Crippen LogP contribution >= 0.6 is 0 Å². The van der Waals surface area contributed by atoms with E-state index in [4.69, 9.17) is 0 Å². The summed E-state index contributed by atoms with van der Waals surface area (Å²) >= 11 is 0. The van der Waals surface area contributed by atoms with Gasteiger partial charge in [-0.05, 0) is 38.8 Å². The molecule has 1 saturated heterocycles. The van der Waals surface area contributed by atoms with Crippen molar-refractivity contribution in [3.05, 3.63) is 30.1 Å². The van der Waals surface area contributed by atoms with Gasteiger partial charge in [0.2, 0.25) is 0 Å². The Labute approximate surface area is 92.3 Å². The molecule has 0 amide bonds. The maximum atomic E-state index is 4.36. The van der Waals surface area contributed by atoms with Gasteiger partial charge in [-0.15, -0.1) is 0 Å². The van der Waals surface area contributed by atoms with Crippen LogP contribution in [0.15, 0.2) is 24.4 Å². The lowest BCUT2D eigenvalue weighted by atomic mass is 10.2. The second kappa shape index (κ2) is 4.75. The minimum Gasteiger partial charge on any atom is -0.298 e. The van der Waals surface area contributed by atoms with Crippen LogP contribution in [0.2, 0.25) is 0 Å². The first-order valence-electron chi connectivity index (χ1n) is 5.93. The average molecular weight is 204 g/mol. The van der Waals surface area contributed by atoms with Gasteiger partial charge >= 0.3 is 0 Å². The van der Waals surface area contributed by atoms with Gasteiger partial charge < -0.3 is 0 Å². The maximum absolute atomic E-state index is 4.36. The van der Waals surface area contributed by atoms with Crippen LogP contribution in [0.5, 0.6) is 0 Å². The van der Waals surface area contributed by atoms with Crippen LogP contribution in [0.25, 0.3) is 0 Å². The molecule has 2 heteroatoms. The Morgan fingerprint density at radius 3 is 2.60 bits per heavy atom. The molecule has 2 nitrogen and oxygen atoms in total. The third-order valence-corrected chi connectivity index (χ3v) is 3.49. The second-order valence-electron chi connectivity index (χ2n) is 4.58. The molecular formula is C13H20N2. The summed E-state index contributed by atoms with van der Waals surface area (Å²) in [5.41, 5.74) is 1.21. The van der Waals surface area contributed by atoms with Crippen molar-refractivity contribution in [3.8, 4) is 0 Å². The van der Waals surface area contributed by atoms with Crippen LogP contribution in [0.3, 0.4) is 0 Å². The van der Waals surface area contributed by atoms with E-state index in [2.05, 4.69) is 35.9 Å². The highest BCUT2D eigenvalue weighted by Gasteiger charge is 2.26. The molecule has 0 aromatic carbocycles. The molecule has 2 atom stereocenters. The highest BCUT2D eigenvalue weighted by atomic mass is 15.2. The van der Waals surface area contributed by atoms with Gasteiger partial charge in [-0.2, -0.15) is 0 Å². The quantitative estimate of drug-likeness (QED) is 0.752. The third kappa shape index (κ3) is 2.57. The van der Waals surface area contributed by atoms with E-state index >= 15 is 0 Å². The average Bonchev–Trinajstić information content (AvgIpc) is 2.58. The predicted octanol–water partition coefficient (Wildman–Crippen LogP) is 2.50. The highest BCUT2D eigenvalue weighted by Crippen LogP contribution is 2.23. The summed E-state index contributed by atoms with van der Waals surface area (Å²) in [7, 11) is 0. The van der Waals surface area contributed by atoms with Crippen molar-refractivity contribution in [1.82, 2.24) is 9.88 Å². The molecular weight excluding hydrogens is 184 g/mol. The Balaban J connectivity index is 1.88. The minimum absolute atomic E-state index is 0.753. The SMILES string of the molecule is C[C@@H]1CC[C@@H](C)N1CCc1ccccn1. The normalized spacial score (nSPS) is 27.1. The summed E-state index contributed by atoms with van der Waals surface area (Å²) in [6.45, 7) is 5.82. The standard InChI is InChI=1S/C13H20N2/c1-11-6-7-12(2)15(11)10-8-13-5-3-4-9-14-13/h3-5,9,11-12H,6-8,10H2,1-2H3/t11-,12-/m1/s1. The molecule has 1 aliphatic rings. The maximum Gasteiger partial charge on any atom is 0.0416 e. The first-order valence-corrected chi connectivity index (χ1v) is 5.93. The number of nitrogens with zero attached hydrogens (tertiary/aromatic N) is 2. The zero-order valence-corrected chi connectivity index (χ0v) is 9.69. The lowest BCUT2D eigenvalue weighted by molar-refractivity contribution is 0.216. The summed E-state index contributed by atoms with van der Waals surface area (Å²) < 4.78 is 0. The fourth-order valence-electron chi connectivity index (χ4n) is 2.48. The fourth-order valence-corrected chi connectivity index (χ4v) is 2.48. The molecule has 1 aromatic rings. The van der Waals surface area contributed by atoms with Crippen LogP contribution in [0.4, 0.5) is 0 Å². The molecule has 0 aliphatic carbocycles. The first kappa shape index (κ1) is 10.6. The summed E-state index contributed by atoms with van der Waals surface area (Å²) in [6.07, 6.45) is 5.66. The molecule has 0 unspecified atom stereocenters. The highest BCUT2D eigenvalue weighted by molar-refractivity contribution is 5.04. The molecule has 2 heterocycles. The number of pyridine rings is 1. The van der Waals surface area contributed by atoms with E-state index < -0.39 is 0 Å². The predicted molar refractivity (Wildman–Crippen MR) is 62.8 cm³/mol. The van der Waals surface area contributed by atoms with E-state index in [0.717, 1.165) is 25.0 Å². The van der Waals surface area contributed by atoms with Crippen LogP contribution in [-0.2, 0) is 6.42 Å². The number of hydrogen-bond acceptors (Lipinski definition) is 2. The lowest BCUT2D eigenvalue weighted by Gasteiger charge is -2.25. The van der Waals surface area contributed by atoms with Crippen LogP contribution in [0, 0.1) is 0 Å². The van der Waals surface area contributed by atoms with Gasteiger partial charge in [0.15, 0.2) is 0 Å². The van der Waals surface area contributed by atoms with Crippen molar-refractivity contribution in [1.29, 1.82) is 0 Å². The molecule has 0 radical (unpaired) electrons. The van der Waals surface area contributed by atoms with Gasteiger partial charge in [-0.25, -0.2) is 0 Å². The molecule has 0 saturated carbocycles. The Kier molecular flexibility index (Phi) is 3.37. The Morgan fingerprint density at radius 1 is 1.27 bits per heavy atom. The van der Waals surface area contributed by atoms with Crippen LogP contribution < -0.4 is 0 Å². The summed E-state index contributed by atoms with van der Waals surface area (Å²) in [5.74, 6) is 0. The van der Waals surface area contributed by atoms with Crippen LogP contribution in [0.1, 0.15) is 32.4 Å². The number of likely N-dealkylation sites (tertiary alicyclic amines) is 1. The lowest BCUT2D eigenvalue weighted by Crippen LogP contribution is -2.34. The van der Waals surface area contributed by atoms with Crippen LogP contribution in [-0.4, -0.2) is 28.5 Å². The van der Waals surface area contributed by atoms with Gasteiger partial charge in [-0.3, -0.25) is 9.88 Å². The van der Waals surface area contributed by atoms with Crippen molar-refractivity contribution >= 4 is 0 Å². The topological polar surface area (TPSA) is 16.1 Å². The van der Waals surface area contributed by atoms with Crippen molar-refractivity contribution in [2.75, 3.05) is 6.54 Å². The monoisotopic (exact) mass is 204 g/mol. The van der Waals surface area contributed by atoms with Gasteiger partial charge in [0.05, 0.1) is 0 Å². The zero-order valence-electron chi connectivity index (χ0n) is 9.69. The molecule has 0 spiro atoms. The molecule has 1 aliphatic heterocycles. The molecule has 15 heavy (non-hydrogen) atoms. The molecule has 1 aromatic heterocycles. The van der Waals surface area contributed by atoms with Gasteiger partial charge in [0.25, 0.3) is 0 Å². The molecule has 82 valence electrons. The van der Waals surface area contributed by atoms with E-state index in [1.807, 2.05) is 12.3 Å². The fraction of sp³-hybridized carbons (Fsp3) is 0.615. The number of aromatic nitrogens is 1. The molecule has 1 fully saturated rings. The Bertz CT molecular complexity index is 287. The smallest absolute Gasteiger partial charge is 0.0416 e. The molecule has 0 bridgehead atoms. The van der Waals surface area contributed by atoms with E-state index in [-0.39, 0.29) is 0 Å². The van der Waals surface area contributed by atoms with E-state index in [1.165, 1.54) is 18.5 Å². The molecule has 0 N–H and O–H groups in total.